The molecule has 0 amide bonds. The van der Waals surface area contributed by atoms with E-state index in [0.717, 1.165) is 18.7 Å². The van der Waals surface area contributed by atoms with Crippen LogP contribution in [0.2, 0.25) is 0 Å². The fraction of sp³-hybridized carbons (Fsp3) is 0.550. The number of nitrogens with zero attached hydrogens (tertiary/aromatic N) is 5. The standard InChI is InChI=1S/C20H31N7O/c1-26(2)20-24-18(21)23-19(25-20)22-10-7-13-28-17-9-6-8-16(14-17)15-27-11-4-3-5-12-27/h6,8-9,14H,3-5,7,10-13,15H2,1-2H3,(H3,21,22,23,24,25). The van der Waals surface area contributed by atoms with Gasteiger partial charge in [0.05, 0.1) is 6.61 Å². The number of piperidine rings is 1. The first kappa shape index (κ1) is 20.1. The maximum Gasteiger partial charge on any atom is 0.231 e. The highest BCUT2D eigenvalue weighted by molar-refractivity contribution is 5.40. The van der Waals surface area contributed by atoms with Crippen LogP contribution in [0.5, 0.6) is 5.75 Å². The molecule has 0 saturated carbocycles. The third kappa shape index (κ3) is 6.23. The van der Waals surface area contributed by atoms with Gasteiger partial charge in [0.25, 0.3) is 0 Å². The predicted molar refractivity (Wildman–Crippen MR) is 113 cm³/mol. The third-order valence-electron chi connectivity index (χ3n) is 4.67. The monoisotopic (exact) mass is 385 g/mol. The van der Waals surface area contributed by atoms with Gasteiger partial charge in [-0.2, -0.15) is 15.0 Å². The molecule has 0 spiro atoms. The number of rotatable bonds is 9. The van der Waals surface area contributed by atoms with Gasteiger partial charge in [0.15, 0.2) is 0 Å². The zero-order valence-corrected chi connectivity index (χ0v) is 16.9. The molecule has 1 aromatic heterocycles. The summed E-state index contributed by atoms with van der Waals surface area (Å²) in [6.07, 6.45) is 4.82. The fourth-order valence-corrected chi connectivity index (χ4v) is 3.23. The van der Waals surface area contributed by atoms with Crippen LogP contribution in [0.4, 0.5) is 17.8 Å². The van der Waals surface area contributed by atoms with Gasteiger partial charge < -0.3 is 20.7 Å². The Morgan fingerprint density at radius 3 is 2.75 bits per heavy atom. The maximum atomic E-state index is 5.91. The van der Waals surface area contributed by atoms with E-state index in [1.165, 1.54) is 37.9 Å². The molecule has 1 aromatic carbocycles. The topological polar surface area (TPSA) is 92.4 Å². The van der Waals surface area contributed by atoms with E-state index < -0.39 is 0 Å². The van der Waals surface area contributed by atoms with Gasteiger partial charge in [-0.1, -0.05) is 18.6 Å². The second-order valence-electron chi connectivity index (χ2n) is 7.32. The molecule has 0 unspecified atom stereocenters. The van der Waals surface area contributed by atoms with Gasteiger partial charge in [-0.3, -0.25) is 4.90 Å². The van der Waals surface area contributed by atoms with Crippen molar-refractivity contribution in [3.63, 3.8) is 0 Å². The van der Waals surface area contributed by atoms with E-state index in [2.05, 4.69) is 43.4 Å². The molecule has 0 bridgehead atoms. The summed E-state index contributed by atoms with van der Waals surface area (Å²) in [5.74, 6) is 2.16. The molecular weight excluding hydrogens is 354 g/mol. The van der Waals surface area contributed by atoms with Gasteiger partial charge in [-0.05, 0) is 50.0 Å². The van der Waals surface area contributed by atoms with E-state index in [9.17, 15) is 0 Å². The lowest BCUT2D eigenvalue weighted by Gasteiger charge is -2.26. The van der Waals surface area contributed by atoms with Crippen molar-refractivity contribution in [3.8, 4) is 5.75 Å². The summed E-state index contributed by atoms with van der Waals surface area (Å²) in [7, 11) is 3.73. The molecule has 28 heavy (non-hydrogen) atoms. The van der Waals surface area contributed by atoms with E-state index in [-0.39, 0.29) is 5.95 Å². The quantitative estimate of drug-likeness (QED) is 0.636. The van der Waals surface area contributed by atoms with Crippen LogP contribution < -0.4 is 20.7 Å². The van der Waals surface area contributed by atoms with Crippen LogP contribution >= 0.6 is 0 Å². The van der Waals surface area contributed by atoms with Crippen LogP contribution in [0.1, 0.15) is 31.2 Å². The molecule has 0 radical (unpaired) electrons. The van der Waals surface area contributed by atoms with Crippen LogP contribution in [-0.4, -0.2) is 60.2 Å². The van der Waals surface area contributed by atoms with Crippen molar-refractivity contribution in [3.05, 3.63) is 29.8 Å². The average molecular weight is 386 g/mol. The molecule has 0 atom stereocenters. The minimum absolute atomic E-state index is 0.211. The number of aromatic nitrogens is 3. The molecule has 1 aliphatic heterocycles. The highest BCUT2D eigenvalue weighted by Crippen LogP contribution is 2.18. The summed E-state index contributed by atoms with van der Waals surface area (Å²) in [5, 5.41) is 3.18. The molecule has 8 heteroatoms. The first-order chi connectivity index (χ1) is 13.6. The minimum Gasteiger partial charge on any atom is -0.494 e. The average Bonchev–Trinajstić information content (AvgIpc) is 2.68. The van der Waals surface area contributed by atoms with E-state index in [1.54, 1.807) is 4.90 Å². The molecule has 1 saturated heterocycles. The van der Waals surface area contributed by atoms with Crippen LogP contribution in [0.15, 0.2) is 24.3 Å². The first-order valence-corrected chi connectivity index (χ1v) is 9.97. The van der Waals surface area contributed by atoms with E-state index in [4.69, 9.17) is 10.5 Å². The zero-order valence-electron chi connectivity index (χ0n) is 16.9. The number of hydrogen-bond acceptors (Lipinski definition) is 8. The summed E-state index contributed by atoms with van der Waals surface area (Å²) >= 11 is 0. The third-order valence-corrected chi connectivity index (χ3v) is 4.67. The highest BCUT2D eigenvalue weighted by Gasteiger charge is 2.10. The van der Waals surface area contributed by atoms with Gasteiger partial charge in [-0.25, -0.2) is 0 Å². The SMILES string of the molecule is CN(C)c1nc(N)nc(NCCCOc2cccc(CN3CCCCC3)c2)n1. The molecule has 0 aliphatic carbocycles. The smallest absolute Gasteiger partial charge is 0.231 e. The number of anilines is 3. The van der Waals surface area contributed by atoms with Gasteiger partial charge in [0.2, 0.25) is 17.8 Å². The Balaban J connectivity index is 1.41. The Morgan fingerprint density at radius 2 is 1.96 bits per heavy atom. The van der Waals surface area contributed by atoms with Gasteiger partial charge in [-0.15, -0.1) is 0 Å². The van der Waals surface area contributed by atoms with Crippen molar-refractivity contribution in [2.45, 2.75) is 32.2 Å². The van der Waals surface area contributed by atoms with Crippen molar-refractivity contribution in [1.82, 2.24) is 19.9 Å². The highest BCUT2D eigenvalue weighted by atomic mass is 16.5. The summed E-state index contributed by atoms with van der Waals surface area (Å²) < 4.78 is 5.91. The predicted octanol–water partition coefficient (Wildman–Crippen LogP) is 2.39. The van der Waals surface area contributed by atoms with E-state index in [1.807, 2.05) is 20.2 Å². The fourth-order valence-electron chi connectivity index (χ4n) is 3.23. The Bertz CT molecular complexity index is 747. The molecule has 1 fully saturated rings. The van der Waals surface area contributed by atoms with Crippen molar-refractivity contribution < 1.29 is 4.74 Å². The van der Waals surface area contributed by atoms with Gasteiger partial charge in [0, 0.05) is 27.2 Å². The van der Waals surface area contributed by atoms with Crippen LogP contribution in [0, 0.1) is 0 Å². The lowest BCUT2D eigenvalue weighted by Crippen LogP contribution is -2.29. The Morgan fingerprint density at radius 1 is 1.14 bits per heavy atom. The molecule has 3 N–H and O–H groups in total. The molecular formula is C20H31N7O. The van der Waals surface area contributed by atoms with Crippen molar-refractivity contribution in [2.24, 2.45) is 0 Å². The normalized spacial score (nSPS) is 14.6. The number of nitrogen functional groups attached to an aromatic ring is 1. The Labute approximate surface area is 167 Å². The summed E-state index contributed by atoms with van der Waals surface area (Å²) in [4.78, 5) is 16.8. The van der Waals surface area contributed by atoms with Gasteiger partial charge in [0.1, 0.15) is 5.75 Å². The number of nitrogens with one attached hydrogen (secondary N) is 1. The molecule has 1 aliphatic rings. The number of nitrogens with two attached hydrogens (primary N) is 1. The molecule has 8 nitrogen and oxygen atoms in total. The van der Waals surface area contributed by atoms with E-state index in [0.29, 0.717) is 25.0 Å². The zero-order chi connectivity index (χ0) is 19.8. The van der Waals surface area contributed by atoms with Gasteiger partial charge >= 0.3 is 0 Å². The van der Waals surface area contributed by atoms with Crippen molar-refractivity contribution >= 4 is 17.8 Å². The molecule has 3 rings (SSSR count). The van der Waals surface area contributed by atoms with Crippen LogP contribution in [0.25, 0.3) is 0 Å². The number of benzene rings is 1. The second kappa shape index (κ2) is 10.1. The maximum absolute atomic E-state index is 5.91. The molecule has 152 valence electrons. The number of likely N-dealkylation sites (tertiary alicyclic amines) is 1. The van der Waals surface area contributed by atoms with Crippen LogP contribution in [0.3, 0.4) is 0 Å². The number of hydrogen-bond donors (Lipinski definition) is 2. The summed E-state index contributed by atoms with van der Waals surface area (Å²) in [6.45, 7) is 4.74. The van der Waals surface area contributed by atoms with Crippen LogP contribution in [-0.2, 0) is 6.54 Å². The Kier molecular flexibility index (Phi) is 7.25. The molecule has 2 heterocycles. The van der Waals surface area contributed by atoms with E-state index >= 15 is 0 Å². The number of ether oxygens (including phenoxy) is 1. The minimum atomic E-state index is 0.211. The van der Waals surface area contributed by atoms with Crippen molar-refractivity contribution in [1.29, 1.82) is 0 Å². The lowest BCUT2D eigenvalue weighted by atomic mass is 10.1. The first-order valence-electron chi connectivity index (χ1n) is 9.97. The largest absolute Gasteiger partial charge is 0.494 e. The van der Waals surface area contributed by atoms with Crippen molar-refractivity contribution in [2.75, 3.05) is 56.3 Å². The second-order valence-corrected chi connectivity index (χ2v) is 7.32. The summed E-state index contributed by atoms with van der Waals surface area (Å²) in [5.41, 5.74) is 7.04. The Hall–Kier alpha value is -2.61. The lowest BCUT2D eigenvalue weighted by molar-refractivity contribution is 0.220. The summed E-state index contributed by atoms with van der Waals surface area (Å²) in [6, 6.07) is 8.42. The molecule has 2 aromatic rings.